The molecule has 0 radical (unpaired) electrons. The van der Waals surface area contributed by atoms with Gasteiger partial charge in [0.1, 0.15) is 0 Å². The second-order valence-corrected chi connectivity index (χ2v) is 5.29. The minimum absolute atomic E-state index is 0.0129. The van der Waals surface area contributed by atoms with Crippen molar-refractivity contribution in [3.8, 4) is 0 Å². The van der Waals surface area contributed by atoms with E-state index < -0.39 is 0 Å². The minimum atomic E-state index is -0.0129. The lowest BCUT2D eigenvalue weighted by molar-refractivity contribution is -0.121. The number of hydrogen-bond donors (Lipinski definition) is 2. The highest BCUT2D eigenvalue weighted by Crippen LogP contribution is 1.86. The Morgan fingerprint density at radius 3 is 1.65 bits per heavy atom. The molecular weight excluding hydrogens is 368 g/mol. The molecule has 8 heteroatoms. The molecule has 2 N–H and O–H groups in total. The van der Waals surface area contributed by atoms with Gasteiger partial charge in [0.2, 0.25) is 11.8 Å². The molecule has 0 aliphatic carbocycles. The molecule has 0 bridgehead atoms. The predicted octanol–water partition coefficient (Wildman–Crippen LogP) is 0.854. The van der Waals surface area contributed by atoms with E-state index in [0.717, 1.165) is 12.8 Å². The normalized spacial score (nSPS) is 10.5. The van der Waals surface area contributed by atoms with Crippen LogP contribution in [0.3, 0.4) is 0 Å². The first-order chi connectivity index (χ1) is 11.2. The number of ether oxygens (including phenoxy) is 3. The monoisotopic (exact) mass is 396 g/mol. The van der Waals surface area contributed by atoms with Gasteiger partial charge in [0.15, 0.2) is 0 Å². The van der Waals surface area contributed by atoms with Gasteiger partial charge in [-0.05, 0) is 12.8 Å². The number of rotatable bonds is 16. The molecule has 0 aliphatic heterocycles. The Morgan fingerprint density at radius 1 is 0.783 bits per heavy atom. The van der Waals surface area contributed by atoms with E-state index in [1.165, 1.54) is 0 Å². The van der Waals surface area contributed by atoms with Crippen LogP contribution in [0, 0.1) is 0 Å². The first kappa shape index (κ1) is 22.3. The lowest BCUT2D eigenvalue weighted by atomic mass is 10.4. The van der Waals surface area contributed by atoms with E-state index in [2.05, 4.69) is 26.6 Å². The van der Waals surface area contributed by atoms with Gasteiger partial charge in [0.05, 0.1) is 31.8 Å². The van der Waals surface area contributed by atoms with E-state index in [9.17, 15) is 9.59 Å². The highest BCUT2D eigenvalue weighted by atomic mass is 79.9. The van der Waals surface area contributed by atoms with Gasteiger partial charge in [0.25, 0.3) is 0 Å². The van der Waals surface area contributed by atoms with Crippen LogP contribution in [0.5, 0.6) is 0 Å². The SMILES string of the molecule is CCC(=O)NCCCOCCOCCOCCCNC(=O)CBr. The number of carbonyl (C=O) groups is 2. The number of amides is 2. The highest BCUT2D eigenvalue weighted by molar-refractivity contribution is 9.09. The maximum atomic E-state index is 11.0. The summed E-state index contributed by atoms with van der Waals surface area (Å²) in [4.78, 5) is 21.9. The largest absolute Gasteiger partial charge is 0.379 e. The van der Waals surface area contributed by atoms with E-state index in [1.54, 1.807) is 0 Å². The molecule has 136 valence electrons. The van der Waals surface area contributed by atoms with Crippen LogP contribution in [0.15, 0.2) is 0 Å². The average Bonchev–Trinajstić information content (AvgIpc) is 2.57. The van der Waals surface area contributed by atoms with Gasteiger partial charge in [0, 0.05) is 32.7 Å². The molecule has 0 aromatic rings. The molecule has 0 fully saturated rings. The number of carbonyl (C=O) groups excluding carboxylic acids is 2. The maximum absolute atomic E-state index is 11.0. The van der Waals surface area contributed by atoms with Crippen molar-refractivity contribution in [3.63, 3.8) is 0 Å². The third-order valence-electron chi connectivity index (χ3n) is 2.76. The van der Waals surface area contributed by atoms with Crippen molar-refractivity contribution < 1.29 is 23.8 Å². The van der Waals surface area contributed by atoms with E-state index in [-0.39, 0.29) is 11.8 Å². The number of nitrogens with one attached hydrogen (secondary N) is 2. The zero-order valence-electron chi connectivity index (χ0n) is 13.9. The second-order valence-electron chi connectivity index (χ2n) is 4.73. The zero-order valence-corrected chi connectivity index (χ0v) is 15.5. The fraction of sp³-hybridized carbons (Fsp3) is 0.867. The Hall–Kier alpha value is -0.700. The summed E-state index contributed by atoms with van der Waals surface area (Å²) in [6.45, 7) is 6.46. The van der Waals surface area contributed by atoms with Crippen LogP contribution in [0.2, 0.25) is 0 Å². The standard InChI is InChI=1S/C15H29BrN2O5/c1-2-14(19)17-5-3-7-21-9-11-23-12-10-22-8-4-6-18-15(20)13-16/h2-13H2,1H3,(H,17,19)(H,18,20). The fourth-order valence-electron chi connectivity index (χ4n) is 1.52. The van der Waals surface area contributed by atoms with Crippen molar-refractivity contribution in [3.05, 3.63) is 0 Å². The van der Waals surface area contributed by atoms with Gasteiger partial charge < -0.3 is 24.8 Å². The van der Waals surface area contributed by atoms with Gasteiger partial charge in [-0.2, -0.15) is 0 Å². The van der Waals surface area contributed by atoms with Crippen LogP contribution in [0.1, 0.15) is 26.2 Å². The molecule has 0 aromatic heterocycles. The van der Waals surface area contributed by atoms with Crippen LogP contribution in [0.25, 0.3) is 0 Å². The molecule has 0 heterocycles. The summed E-state index contributed by atoms with van der Waals surface area (Å²) >= 11 is 3.08. The van der Waals surface area contributed by atoms with Gasteiger partial charge in [-0.1, -0.05) is 22.9 Å². The van der Waals surface area contributed by atoms with Crippen molar-refractivity contribution in [2.24, 2.45) is 0 Å². The van der Waals surface area contributed by atoms with Crippen molar-refractivity contribution in [1.29, 1.82) is 0 Å². The summed E-state index contributed by atoms with van der Waals surface area (Å²) in [7, 11) is 0. The Morgan fingerprint density at radius 2 is 1.22 bits per heavy atom. The molecule has 0 atom stereocenters. The van der Waals surface area contributed by atoms with Crippen molar-refractivity contribution >= 4 is 27.7 Å². The third-order valence-corrected chi connectivity index (χ3v) is 3.27. The van der Waals surface area contributed by atoms with Crippen molar-refractivity contribution in [1.82, 2.24) is 10.6 Å². The summed E-state index contributed by atoms with van der Waals surface area (Å²) in [6.07, 6.45) is 2.11. The van der Waals surface area contributed by atoms with Crippen LogP contribution in [0.4, 0.5) is 0 Å². The quantitative estimate of drug-likeness (QED) is 0.298. The van der Waals surface area contributed by atoms with E-state index in [4.69, 9.17) is 14.2 Å². The van der Waals surface area contributed by atoms with Gasteiger partial charge >= 0.3 is 0 Å². The summed E-state index contributed by atoms with van der Waals surface area (Å²) < 4.78 is 16.1. The van der Waals surface area contributed by atoms with E-state index in [1.807, 2.05) is 6.92 Å². The molecule has 0 spiro atoms. The van der Waals surface area contributed by atoms with Gasteiger partial charge in [-0.25, -0.2) is 0 Å². The maximum Gasteiger partial charge on any atom is 0.230 e. The lowest BCUT2D eigenvalue weighted by Crippen LogP contribution is -2.26. The topological polar surface area (TPSA) is 85.9 Å². The van der Waals surface area contributed by atoms with Crippen LogP contribution < -0.4 is 10.6 Å². The van der Waals surface area contributed by atoms with Crippen LogP contribution in [-0.4, -0.2) is 69.9 Å². The average molecular weight is 397 g/mol. The molecule has 0 aromatic carbocycles. The Kier molecular flexibility index (Phi) is 17.1. The molecule has 7 nitrogen and oxygen atoms in total. The van der Waals surface area contributed by atoms with Crippen molar-refractivity contribution in [2.75, 3.05) is 58.1 Å². The number of hydrogen-bond acceptors (Lipinski definition) is 5. The highest BCUT2D eigenvalue weighted by Gasteiger charge is 1.97. The fourth-order valence-corrected chi connectivity index (χ4v) is 1.72. The number of alkyl halides is 1. The summed E-state index contributed by atoms with van der Waals surface area (Å²) in [5.74, 6) is 0.0555. The Bertz CT molecular complexity index is 278. The molecule has 0 saturated carbocycles. The van der Waals surface area contributed by atoms with Gasteiger partial charge in [-0.3, -0.25) is 9.59 Å². The smallest absolute Gasteiger partial charge is 0.230 e. The first-order valence-corrected chi connectivity index (χ1v) is 9.15. The van der Waals surface area contributed by atoms with Gasteiger partial charge in [-0.15, -0.1) is 0 Å². The molecule has 0 rings (SSSR count). The number of halogens is 1. The lowest BCUT2D eigenvalue weighted by Gasteiger charge is -2.07. The molecule has 2 amide bonds. The Balaban J connectivity index is 3.05. The van der Waals surface area contributed by atoms with Crippen molar-refractivity contribution in [2.45, 2.75) is 26.2 Å². The first-order valence-electron chi connectivity index (χ1n) is 8.03. The second kappa shape index (κ2) is 17.7. The van der Waals surface area contributed by atoms with E-state index >= 15 is 0 Å². The summed E-state index contributed by atoms with van der Waals surface area (Å²) in [5, 5.41) is 5.86. The molecule has 0 unspecified atom stereocenters. The minimum Gasteiger partial charge on any atom is -0.379 e. The third kappa shape index (κ3) is 17.5. The summed E-state index contributed by atoms with van der Waals surface area (Å²) in [5.41, 5.74) is 0. The predicted molar refractivity (Wildman–Crippen MR) is 91.8 cm³/mol. The molecule has 0 saturated heterocycles. The molecule has 0 aliphatic rings. The van der Waals surface area contributed by atoms with E-state index in [0.29, 0.717) is 64.5 Å². The molecule has 23 heavy (non-hydrogen) atoms. The Labute approximate surface area is 146 Å². The van der Waals surface area contributed by atoms with Crippen LogP contribution >= 0.6 is 15.9 Å². The summed E-state index contributed by atoms with van der Waals surface area (Å²) in [6, 6.07) is 0. The van der Waals surface area contributed by atoms with Crippen LogP contribution in [-0.2, 0) is 23.8 Å². The molecular formula is C15H29BrN2O5. The zero-order chi connectivity index (χ0) is 17.2.